The zero-order valence-corrected chi connectivity index (χ0v) is 20.8. The second-order valence-corrected chi connectivity index (χ2v) is 9.81. The summed E-state index contributed by atoms with van der Waals surface area (Å²) in [5.41, 5.74) is 4.99. The zero-order chi connectivity index (χ0) is 24.5. The van der Waals surface area contributed by atoms with Crippen molar-refractivity contribution in [3.8, 4) is 11.5 Å². The van der Waals surface area contributed by atoms with Crippen LogP contribution in [0.1, 0.15) is 34.1 Å². The maximum atomic E-state index is 6.21. The summed E-state index contributed by atoms with van der Waals surface area (Å²) >= 11 is 11.2. The van der Waals surface area contributed by atoms with Crippen LogP contribution in [0, 0.1) is 0 Å². The molecule has 1 aliphatic rings. The topological polar surface area (TPSA) is 85.8 Å². The van der Waals surface area contributed by atoms with Gasteiger partial charge in [0.15, 0.2) is 0 Å². The monoisotopic (exact) mass is 515 g/mol. The van der Waals surface area contributed by atoms with Crippen molar-refractivity contribution < 1.29 is 9.47 Å². The first-order chi connectivity index (χ1) is 17.6. The molecule has 2 unspecified atom stereocenters. The molecule has 0 saturated carbocycles. The summed E-state index contributed by atoms with van der Waals surface area (Å²) in [7, 11) is 0. The Morgan fingerprint density at radius 3 is 2.83 bits per heavy atom. The van der Waals surface area contributed by atoms with E-state index in [4.69, 9.17) is 38.7 Å². The van der Waals surface area contributed by atoms with Crippen LogP contribution in [0.4, 0.5) is 0 Å². The van der Waals surface area contributed by atoms with Gasteiger partial charge in [0.25, 0.3) is 0 Å². The summed E-state index contributed by atoms with van der Waals surface area (Å²) in [6.07, 6.45) is 0.573. The van der Waals surface area contributed by atoms with Crippen LogP contribution in [-0.2, 0) is 19.6 Å². The number of thiol groups is 1. The van der Waals surface area contributed by atoms with Gasteiger partial charge in [0.05, 0.1) is 11.2 Å². The molecule has 0 saturated heterocycles. The highest BCUT2D eigenvalue weighted by molar-refractivity contribution is 7.81. The predicted octanol–water partition coefficient (Wildman–Crippen LogP) is 5.55. The van der Waals surface area contributed by atoms with Crippen LogP contribution in [0.25, 0.3) is 10.9 Å². The number of hydrogen-bond acceptors (Lipinski definition) is 7. The number of hydrogen-bond donors (Lipinski definition) is 2. The fraction of sp³-hybridized carbons (Fsp3) is 0.185. The summed E-state index contributed by atoms with van der Waals surface area (Å²) in [5.74, 6) is 2.19. The number of tetrazole rings is 1. The van der Waals surface area contributed by atoms with Crippen LogP contribution < -0.4 is 9.47 Å². The fourth-order valence-electron chi connectivity index (χ4n) is 4.65. The quantitative estimate of drug-likeness (QED) is 0.288. The van der Waals surface area contributed by atoms with Gasteiger partial charge in [0.1, 0.15) is 30.5 Å². The molecule has 0 radical (unpaired) electrons. The third-order valence-corrected chi connectivity index (χ3v) is 7.08. The lowest BCUT2D eigenvalue weighted by Gasteiger charge is -2.25. The van der Waals surface area contributed by atoms with Gasteiger partial charge in [-0.3, -0.25) is 0 Å². The van der Waals surface area contributed by atoms with E-state index in [1.165, 1.54) is 5.56 Å². The molecule has 180 valence electrons. The van der Waals surface area contributed by atoms with Gasteiger partial charge >= 0.3 is 0 Å². The molecule has 3 aromatic carbocycles. The first-order valence-electron chi connectivity index (χ1n) is 11.6. The Hall–Kier alpha value is -3.62. The average molecular weight is 516 g/mol. The maximum absolute atomic E-state index is 6.21. The summed E-state index contributed by atoms with van der Waals surface area (Å²) in [4.78, 5) is 4.70. The van der Waals surface area contributed by atoms with Crippen molar-refractivity contribution in [2.75, 3.05) is 0 Å². The Kier molecular flexibility index (Phi) is 6.21. The van der Waals surface area contributed by atoms with Gasteiger partial charge in [0.2, 0.25) is 0 Å². The highest BCUT2D eigenvalue weighted by Gasteiger charge is 2.31. The molecule has 7 nitrogen and oxygen atoms in total. The summed E-state index contributed by atoms with van der Waals surface area (Å²) in [5, 5.41) is 15.9. The molecule has 36 heavy (non-hydrogen) atoms. The molecule has 0 amide bonds. The van der Waals surface area contributed by atoms with E-state index in [0.29, 0.717) is 30.5 Å². The summed E-state index contributed by atoms with van der Waals surface area (Å²) < 4.78 is 12.4. The Morgan fingerprint density at radius 1 is 1.06 bits per heavy atom. The molecule has 1 N–H and O–H groups in total. The second-order valence-electron chi connectivity index (χ2n) is 8.71. The second kappa shape index (κ2) is 9.79. The summed E-state index contributed by atoms with van der Waals surface area (Å²) in [6, 6.07) is 23.9. The minimum Gasteiger partial charge on any atom is -0.489 e. The van der Waals surface area contributed by atoms with Crippen LogP contribution in [0.5, 0.6) is 11.5 Å². The van der Waals surface area contributed by atoms with Crippen LogP contribution in [0.15, 0.2) is 72.8 Å². The number of nitrogens with zero attached hydrogens (tertiary/aromatic N) is 4. The molecule has 6 rings (SSSR count). The van der Waals surface area contributed by atoms with E-state index in [1.54, 1.807) is 0 Å². The van der Waals surface area contributed by atoms with Crippen molar-refractivity contribution in [2.24, 2.45) is 0 Å². The van der Waals surface area contributed by atoms with Gasteiger partial charge in [0, 0.05) is 33.6 Å². The molecule has 0 fully saturated rings. The number of aromatic amines is 1. The molecule has 9 heteroatoms. The average Bonchev–Trinajstić information content (AvgIpc) is 3.34. The van der Waals surface area contributed by atoms with Gasteiger partial charge in [-0.1, -0.05) is 48.0 Å². The van der Waals surface area contributed by atoms with Gasteiger partial charge in [-0.25, -0.2) is 10.1 Å². The molecule has 3 heterocycles. The third kappa shape index (κ3) is 4.62. The highest BCUT2D eigenvalue weighted by atomic mass is 35.5. The number of pyridine rings is 1. The largest absolute Gasteiger partial charge is 0.489 e. The number of rotatable bonds is 6. The van der Waals surface area contributed by atoms with E-state index < -0.39 is 0 Å². The lowest BCUT2D eigenvalue weighted by molar-refractivity contribution is 0.294. The molecule has 0 spiro atoms. The number of fused-ring (bicyclic) bond motifs is 3. The predicted molar refractivity (Wildman–Crippen MR) is 141 cm³/mol. The zero-order valence-electron chi connectivity index (χ0n) is 19.1. The van der Waals surface area contributed by atoms with Crippen molar-refractivity contribution in [3.63, 3.8) is 0 Å². The van der Waals surface area contributed by atoms with Crippen LogP contribution >= 0.6 is 24.2 Å². The summed E-state index contributed by atoms with van der Waals surface area (Å²) in [6.45, 7) is 0.825. The van der Waals surface area contributed by atoms with Gasteiger partial charge in [-0.15, -0.1) is 5.10 Å². The molecular formula is C27H22ClN5O2S. The highest BCUT2D eigenvalue weighted by Crippen LogP contribution is 2.43. The smallest absolute Gasteiger partial charge is 0.149 e. The van der Waals surface area contributed by atoms with Gasteiger partial charge in [-0.05, 0) is 58.0 Å². The standard InChI is InChI=1S/C27H22ClN5O2S/c28-18-7-5-16-6-8-19(29-23(16)11-18)15-34-20-9-10-24-22(12-20)27(25(36)13-26-30-32-33-31-26)21-4-2-1-3-17(21)14-35-24/h1-12,25,27,36H,13-15H2,(H,30,31,32,33). The van der Waals surface area contributed by atoms with Crippen molar-refractivity contribution in [3.05, 3.63) is 106 Å². The lowest BCUT2D eigenvalue weighted by Crippen LogP contribution is -2.19. The number of nitrogens with one attached hydrogen (secondary N) is 1. The SMILES string of the molecule is SC(Cc1nnn[nH]1)C1c2ccccc2COc2ccc(OCc3ccc4ccc(Cl)cc4n3)cc21. The third-order valence-electron chi connectivity index (χ3n) is 6.36. The lowest BCUT2D eigenvalue weighted by atomic mass is 9.84. The Morgan fingerprint density at radius 2 is 1.94 bits per heavy atom. The molecule has 2 aromatic heterocycles. The molecule has 0 aliphatic carbocycles. The number of benzene rings is 3. The fourth-order valence-corrected chi connectivity index (χ4v) is 5.31. The number of H-pyrrole nitrogens is 1. The first-order valence-corrected chi connectivity index (χ1v) is 12.5. The minimum atomic E-state index is -0.0940. The molecule has 1 aliphatic heterocycles. The maximum Gasteiger partial charge on any atom is 0.149 e. The number of aromatic nitrogens is 5. The van der Waals surface area contributed by atoms with Gasteiger partial charge < -0.3 is 9.47 Å². The Balaban J connectivity index is 1.31. The number of halogens is 1. The van der Waals surface area contributed by atoms with Crippen molar-refractivity contribution in [2.45, 2.75) is 30.8 Å². The van der Waals surface area contributed by atoms with E-state index in [1.807, 2.05) is 60.7 Å². The van der Waals surface area contributed by atoms with E-state index in [-0.39, 0.29) is 11.2 Å². The van der Waals surface area contributed by atoms with Crippen LogP contribution in [0.3, 0.4) is 0 Å². The van der Waals surface area contributed by atoms with Crippen molar-refractivity contribution in [1.29, 1.82) is 0 Å². The Bertz CT molecular complexity index is 1530. The van der Waals surface area contributed by atoms with Crippen LogP contribution in [0.2, 0.25) is 5.02 Å². The molecular weight excluding hydrogens is 494 g/mol. The normalized spacial score (nSPS) is 15.4. The Labute approximate surface area is 218 Å². The minimum absolute atomic E-state index is 0.0448. The van der Waals surface area contributed by atoms with Crippen molar-refractivity contribution in [1.82, 2.24) is 25.6 Å². The molecule has 5 aromatic rings. The van der Waals surface area contributed by atoms with Crippen LogP contribution in [-0.4, -0.2) is 30.9 Å². The number of ether oxygens (including phenoxy) is 2. The molecule has 2 atom stereocenters. The van der Waals surface area contributed by atoms with Crippen molar-refractivity contribution >= 4 is 35.1 Å². The van der Waals surface area contributed by atoms with E-state index in [2.05, 4.69) is 32.8 Å². The van der Waals surface area contributed by atoms with Gasteiger partial charge in [-0.2, -0.15) is 12.6 Å². The molecule has 0 bridgehead atoms. The van der Waals surface area contributed by atoms with E-state index in [0.717, 1.165) is 39.2 Å². The van der Waals surface area contributed by atoms with E-state index in [9.17, 15) is 0 Å². The first kappa shape index (κ1) is 22.8. The van der Waals surface area contributed by atoms with E-state index >= 15 is 0 Å².